The molecule has 1 aromatic heterocycles. The summed E-state index contributed by atoms with van der Waals surface area (Å²) in [5.41, 5.74) is 4.96. The number of halogens is 2. The summed E-state index contributed by atoms with van der Waals surface area (Å²) in [5.74, 6) is -2.33. The Kier molecular flexibility index (Phi) is 9.57. The summed E-state index contributed by atoms with van der Waals surface area (Å²) < 4.78 is 28.2. The lowest BCUT2D eigenvalue weighted by Gasteiger charge is -2.26. The predicted molar refractivity (Wildman–Crippen MR) is 152 cm³/mol. The molecule has 3 aromatic rings. The molecular weight excluding hydrogens is 482 g/mol. The topological polar surface area (TPSA) is 69.0 Å². The first-order valence-electron chi connectivity index (χ1n) is 13.2. The van der Waals surface area contributed by atoms with Crippen molar-refractivity contribution in [2.75, 3.05) is 23.3 Å². The first-order valence-corrected chi connectivity index (χ1v) is 13.2. The number of nitriles is 1. The van der Waals surface area contributed by atoms with Gasteiger partial charge in [-0.15, -0.1) is 0 Å². The van der Waals surface area contributed by atoms with E-state index < -0.39 is 5.92 Å². The lowest BCUT2D eigenvalue weighted by molar-refractivity contribution is -0.0102. The third-order valence-corrected chi connectivity index (χ3v) is 6.70. The van der Waals surface area contributed by atoms with Crippen molar-refractivity contribution in [3.63, 3.8) is 0 Å². The minimum atomic E-state index is -2.72. The molecule has 0 radical (unpaired) electrons. The number of hydrogen-bond acceptors (Lipinski definition) is 4. The number of aromatic nitrogens is 1. The molecule has 1 aliphatic heterocycles. The smallest absolute Gasteiger partial charge is 0.259 e. The molecule has 38 heavy (non-hydrogen) atoms. The van der Waals surface area contributed by atoms with Crippen molar-refractivity contribution in [1.29, 1.82) is 5.26 Å². The molecule has 0 bridgehead atoms. The second-order valence-electron chi connectivity index (χ2n) is 9.62. The Morgan fingerprint density at radius 3 is 2.50 bits per heavy atom. The van der Waals surface area contributed by atoms with Gasteiger partial charge in [0.05, 0.1) is 17.2 Å². The Hall–Kier alpha value is -3.79. The van der Waals surface area contributed by atoms with Crippen LogP contribution in [-0.4, -0.2) is 29.9 Å². The fourth-order valence-electron chi connectivity index (χ4n) is 4.56. The van der Waals surface area contributed by atoms with Crippen LogP contribution in [0.4, 0.5) is 20.3 Å². The lowest BCUT2D eigenvalue weighted by Crippen LogP contribution is -2.30. The molecule has 4 rings (SSSR count). The fraction of sp³-hybridized carbons (Fsp3) is 0.387. The largest absolute Gasteiger partial charge is 0.356 e. The molecule has 1 aliphatic rings. The molecule has 5 nitrogen and oxygen atoms in total. The highest BCUT2D eigenvalue weighted by Gasteiger charge is 2.33. The van der Waals surface area contributed by atoms with Gasteiger partial charge < -0.3 is 10.2 Å². The zero-order valence-corrected chi connectivity index (χ0v) is 22.8. The number of pyridine rings is 1. The van der Waals surface area contributed by atoms with Crippen molar-refractivity contribution in [3.05, 3.63) is 77.0 Å². The van der Waals surface area contributed by atoms with Gasteiger partial charge in [0.25, 0.3) is 5.91 Å². The number of rotatable bonds is 5. The van der Waals surface area contributed by atoms with Gasteiger partial charge in [-0.3, -0.25) is 4.79 Å². The third kappa shape index (κ3) is 6.74. The van der Waals surface area contributed by atoms with Gasteiger partial charge in [-0.2, -0.15) is 5.26 Å². The van der Waals surface area contributed by atoms with Crippen molar-refractivity contribution < 1.29 is 15.0 Å². The Morgan fingerprint density at radius 1 is 1.13 bits per heavy atom. The van der Waals surface area contributed by atoms with Gasteiger partial charge in [0.15, 0.2) is 0 Å². The summed E-state index contributed by atoms with van der Waals surface area (Å²) in [4.78, 5) is 20.1. The second kappa shape index (κ2) is 12.6. The molecule has 0 saturated carbocycles. The van der Waals surface area contributed by atoms with Gasteiger partial charge in [-0.1, -0.05) is 52.0 Å². The number of nitrogens with zero attached hydrogens (tertiary/aromatic N) is 3. The van der Waals surface area contributed by atoms with E-state index >= 15 is 0 Å². The molecule has 0 spiro atoms. The SMILES string of the molecule is CC.Cc1c(-c2ccc(C#N)cc2)cnc(N2CCCC(F)(F)CC2)c1C(=O)Nc1cccc(C(C)C)c1.[HH]. The summed E-state index contributed by atoms with van der Waals surface area (Å²) in [5, 5.41) is 12.1. The Morgan fingerprint density at radius 2 is 1.84 bits per heavy atom. The lowest BCUT2D eigenvalue weighted by atomic mass is 9.97. The maximum atomic E-state index is 14.1. The highest BCUT2D eigenvalue weighted by molar-refractivity contribution is 6.09. The van der Waals surface area contributed by atoms with Crippen LogP contribution in [0.25, 0.3) is 11.1 Å². The second-order valence-corrected chi connectivity index (χ2v) is 9.62. The summed E-state index contributed by atoms with van der Waals surface area (Å²) in [7, 11) is 0. The quantitative estimate of drug-likeness (QED) is 0.368. The van der Waals surface area contributed by atoms with Gasteiger partial charge in [-0.25, -0.2) is 13.8 Å². The standard InChI is InChI=1S/C29H30F2N4O.C2H6.H2/c1-19(2)23-6-4-7-24(16-23)34-28(36)26-20(3)25(22-10-8-21(17-32)9-11-22)18-33-27(26)35-14-5-12-29(30,31)13-15-35;1-2;/h4,6-11,16,18-19H,5,12-15H2,1-3H3,(H,34,36);1-2H3;1H. The molecule has 1 fully saturated rings. The van der Waals surface area contributed by atoms with Crippen LogP contribution in [0.1, 0.15) is 81.4 Å². The van der Waals surface area contributed by atoms with Crippen LogP contribution in [0.5, 0.6) is 0 Å². The van der Waals surface area contributed by atoms with Crippen LogP contribution in [0.15, 0.2) is 54.7 Å². The van der Waals surface area contributed by atoms with E-state index in [2.05, 4.69) is 30.2 Å². The summed E-state index contributed by atoms with van der Waals surface area (Å²) in [6.07, 6.45) is 1.56. The zero-order chi connectivity index (χ0) is 27.9. The highest BCUT2D eigenvalue weighted by Crippen LogP contribution is 2.35. The van der Waals surface area contributed by atoms with Crippen LogP contribution in [0, 0.1) is 18.3 Å². The van der Waals surface area contributed by atoms with E-state index in [4.69, 9.17) is 5.26 Å². The molecule has 0 unspecified atom stereocenters. The van der Waals surface area contributed by atoms with Crippen molar-refractivity contribution in [3.8, 4) is 17.2 Å². The predicted octanol–water partition coefficient (Wildman–Crippen LogP) is 8.20. The molecule has 1 saturated heterocycles. The molecule has 0 atom stereocenters. The van der Waals surface area contributed by atoms with Gasteiger partial charge in [-0.05, 0) is 60.2 Å². The van der Waals surface area contributed by atoms with Crippen LogP contribution in [-0.2, 0) is 0 Å². The number of nitrogens with one attached hydrogen (secondary N) is 1. The van der Waals surface area contributed by atoms with Crippen LogP contribution in [0.2, 0.25) is 0 Å². The average molecular weight is 521 g/mol. The molecule has 202 valence electrons. The van der Waals surface area contributed by atoms with E-state index in [1.54, 1.807) is 23.2 Å². The normalized spacial score (nSPS) is 14.7. The Balaban J connectivity index is 0.00000174. The van der Waals surface area contributed by atoms with Gasteiger partial charge in [0, 0.05) is 44.8 Å². The van der Waals surface area contributed by atoms with Crippen molar-refractivity contribution in [2.45, 2.75) is 65.7 Å². The van der Waals surface area contributed by atoms with Gasteiger partial charge in [0.1, 0.15) is 5.82 Å². The van der Waals surface area contributed by atoms with Gasteiger partial charge in [0.2, 0.25) is 5.92 Å². The van der Waals surface area contributed by atoms with Crippen LogP contribution < -0.4 is 10.2 Å². The van der Waals surface area contributed by atoms with E-state index in [-0.39, 0.29) is 26.7 Å². The number of carbonyl (C=O) groups excluding carboxylic acids is 1. The first-order chi connectivity index (χ1) is 18.2. The van der Waals surface area contributed by atoms with E-state index in [0.29, 0.717) is 47.1 Å². The maximum absolute atomic E-state index is 14.1. The fourth-order valence-corrected chi connectivity index (χ4v) is 4.56. The van der Waals surface area contributed by atoms with Crippen LogP contribution >= 0.6 is 0 Å². The number of alkyl halides is 2. The third-order valence-electron chi connectivity index (χ3n) is 6.70. The number of carbonyl (C=O) groups is 1. The minimum Gasteiger partial charge on any atom is -0.356 e. The number of hydrogen-bond donors (Lipinski definition) is 1. The number of benzene rings is 2. The van der Waals surface area contributed by atoms with E-state index in [9.17, 15) is 13.6 Å². The highest BCUT2D eigenvalue weighted by atomic mass is 19.3. The Labute approximate surface area is 226 Å². The molecule has 1 N–H and O–H groups in total. The number of anilines is 2. The molecule has 0 aliphatic carbocycles. The molecular formula is C31H38F2N4O. The monoisotopic (exact) mass is 520 g/mol. The van der Waals surface area contributed by atoms with Crippen molar-refractivity contribution in [2.24, 2.45) is 0 Å². The summed E-state index contributed by atoms with van der Waals surface area (Å²) >= 11 is 0. The molecule has 2 heterocycles. The van der Waals surface area contributed by atoms with E-state index in [1.165, 1.54) is 0 Å². The molecule has 1 amide bonds. The van der Waals surface area contributed by atoms with Gasteiger partial charge >= 0.3 is 0 Å². The zero-order valence-electron chi connectivity index (χ0n) is 22.8. The van der Waals surface area contributed by atoms with Crippen molar-refractivity contribution >= 4 is 17.4 Å². The van der Waals surface area contributed by atoms with E-state index in [0.717, 1.165) is 16.7 Å². The van der Waals surface area contributed by atoms with E-state index in [1.807, 2.05) is 57.2 Å². The molecule has 2 aromatic carbocycles. The van der Waals surface area contributed by atoms with Crippen molar-refractivity contribution in [1.82, 2.24) is 4.98 Å². The summed E-state index contributed by atoms with van der Waals surface area (Å²) in [6, 6.07) is 16.9. The number of amides is 1. The average Bonchev–Trinajstić information content (AvgIpc) is 3.10. The Bertz CT molecular complexity index is 1300. The maximum Gasteiger partial charge on any atom is 0.259 e. The minimum absolute atomic E-state index is 0. The summed E-state index contributed by atoms with van der Waals surface area (Å²) in [6.45, 7) is 10.6. The van der Waals surface area contributed by atoms with Crippen LogP contribution in [0.3, 0.4) is 0 Å². The first kappa shape index (κ1) is 28.8. The molecule has 7 heteroatoms.